The van der Waals surface area contributed by atoms with Crippen molar-refractivity contribution in [1.82, 2.24) is 15.0 Å². The fourth-order valence-corrected chi connectivity index (χ4v) is 1.10. The number of fused-ring (bicyclic) bond motifs is 1. The molecule has 0 aliphatic rings. The average molecular weight is 174 g/mol. The molecule has 0 radical (unpaired) electrons. The lowest BCUT2D eigenvalue weighted by Gasteiger charge is -1.93. The predicted molar refractivity (Wildman–Crippen MR) is 44.9 cm³/mol. The van der Waals surface area contributed by atoms with Crippen molar-refractivity contribution < 1.29 is 4.74 Å². The maximum atomic E-state index is 8.34. The second-order valence-electron chi connectivity index (χ2n) is 2.53. The Morgan fingerprint density at radius 3 is 3.23 bits per heavy atom. The standard InChI is InChI=1S/C8H6N4O/c1-5-10-2-6-8(12-5)7(3-11-6)13-4-9/h2-3,11H,1H3. The van der Waals surface area contributed by atoms with E-state index < -0.39 is 0 Å². The molecule has 0 aromatic carbocycles. The van der Waals surface area contributed by atoms with Gasteiger partial charge in [0.25, 0.3) is 6.26 Å². The van der Waals surface area contributed by atoms with Gasteiger partial charge in [-0.3, -0.25) is 0 Å². The molecule has 2 aromatic rings. The smallest absolute Gasteiger partial charge is 0.292 e. The number of nitrogens with one attached hydrogen (secondary N) is 1. The Labute approximate surface area is 74.0 Å². The number of aryl methyl sites for hydroxylation is 1. The Balaban J connectivity index is 2.66. The molecule has 5 heteroatoms. The zero-order valence-corrected chi connectivity index (χ0v) is 6.90. The van der Waals surface area contributed by atoms with E-state index in [0.717, 1.165) is 5.52 Å². The van der Waals surface area contributed by atoms with Crippen molar-refractivity contribution in [2.75, 3.05) is 0 Å². The van der Waals surface area contributed by atoms with Crippen molar-refractivity contribution in [3.05, 3.63) is 18.2 Å². The highest BCUT2D eigenvalue weighted by atomic mass is 16.5. The molecule has 5 nitrogen and oxygen atoms in total. The molecule has 0 atom stereocenters. The van der Waals surface area contributed by atoms with Crippen LogP contribution in [0.15, 0.2) is 12.4 Å². The first-order valence-electron chi connectivity index (χ1n) is 3.68. The second kappa shape index (κ2) is 2.75. The fraction of sp³-hybridized carbons (Fsp3) is 0.125. The fourth-order valence-electron chi connectivity index (χ4n) is 1.10. The van der Waals surface area contributed by atoms with Crippen LogP contribution in [-0.4, -0.2) is 15.0 Å². The zero-order chi connectivity index (χ0) is 9.26. The quantitative estimate of drug-likeness (QED) is 0.657. The van der Waals surface area contributed by atoms with Gasteiger partial charge < -0.3 is 9.72 Å². The molecule has 0 spiro atoms. The Hall–Kier alpha value is -2.09. The van der Waals surface area contributed by atoms with E-state index in [1.165, 1.54) is 0 Å². The molecule has 1 N–H and O–H groups in total. The molecule has 0 saturated heterocycles. The van der Waals surface area contributed by atoms with Gasteiger partial charge in [0.1, 0.15) is 11.3 Å². The number of aromatic amines is 1. The van der Waals surface area contributed by atoms with E-state index in [-0.39, 0.29) is 0 Å². The Bertz CT molecular complexity index is 482. The Morgan fingerprint density at radius 2 is 2.46 bits per heavy atom. The minimum Gasteiger partial charge on any atom is -0.384 e. The number of rotatable bonds is 1. The lowest BCUT2D eigenvalue weighted by Crippen LogP contribution is -1.87. The number of aromatic nitrogens is 3. The van der Waals surface area contributed by atoms with Crippen molar-refractivity contribution in [2.24, 2.45) is 0 Å². The van der Waals surface area contributed by atoms with Crippen LogP contribution in [0.1, 0.15) is 5.82 Å². The van der Waals surface area contributed by atoms with Crippen LogP contribution in [0.5, 0.6) is 5.75 Å². The van der Waals surface area contributed by atoms with Gasteiger partial charge in [-0.15, -0.1) is 5.26 Å². The molecule has 0 aliphatic heterocycles. The highest BCUT2D eigenvalue weighted by Crippen LogP contribution is 2.21. The summed E-state index contributed by atoms with van der Waals surface area (Å²) < 4.78 is 4.70. The van der Waals surface area contributed by atoms with Gasteiger partial charge in [0.2, 0.25) is 0 Å². The van der Waals surface area contributed by atoms with E-state index in [9.17, 15) is 0 Å². The molecule has 0 fully saturated rings. The highest BCUT2D eigenvalue weighted by Gasteiger charge is 2.06. The van der Waals surface area contributed by atoms with Crippen molar-refractivity contribution in [1.29, 1.82) is 5.26 Å². The lowest BCUT2D eigenvalue weighted by molar-refractivity contribution is 0.512. The largest absolute Gasteiger partial charge is 0.384 e. The highest BCUT2D eigenvalue weighted by molar-refractivity contribution is 5.81. The summed E-state index contributed by atoms with van der Waals surface area (Å²) >= 11 is 0. The van der Waals surface area contributed by atoms with Crippen LogP contribution in [0.2, 0.25) is 0 Å². The number of nitriles is 1. The van der Waals surface area contributed by atoms with Gasteiger partial charge in [0.15, 0.2) is 5.75 Å². The van der Waals surface area contributed by atoms with Crippen LogP contribution >= 0.6 is 0 Å². The normalized spacial score (nSPS) is 9.85. The summed E-state index contributed by atoms with van der Waals surface area (Å²) in [6.07, 6.45) is 4.84. The molecular formula is C8H6N4O. The number of ether oxygens (including phenoxy) is 1. The average Bonchev–Trinajstić information content (AvgIpc) is 2.49. The Kier molecular flexibility index (Phi) is 1.60. The molecule has 0 bridgehead atoms. The second-order valence-corrected chi connectivity index (χ2v) is 2.53. The summed E-state index contributed by atoms with van der Waals surface area (Å²) in [7, 11) is 0. The minimum atomic E-state index is 0.433. The van der Waals surface area contributed by atoms with Crippen molar-refractivity contribution in [3.8, 4) is 12.0 Å². The molecule has 0 unspecified atom stereocenters. The maximum Gasteiger partial charge on any atom is 0.292 e. The van der Waals surface area contributed by atoms with Gasteiger partial charge in [-0.1, -0.05) is 0 Å². The van der Waals surface area contributed by atoms with E-state index in [1.807, 2.05) is 0 Å². The minimum absolute atomic E-state index is 0.433. The first-order valence-corrected chi connectivity index (χ1v) is 3.68. The molecule has 2 heterocycles. The topological polar surface area (TPSA) is 74.6 Å². The van der Waals surface area contributed by atoms with Crippen LogP contribution in [0.3, 0.4) is 0 Å². The van der Waals surface area contributed by atoms with E-state index in [1.54, 1.807) is 25.6 Å². The van der Waals surface area contributed by atoms with E-state index >= 15 is 0 Å². The SMILES string of the molecule is Cc1ncc2[nH]cc(OC#N)c2n1. The summed E-state index contributed by atoms with van der Waals surface area (Å²) in [6.45, 7) is 1.78. The molecule has 2 rings (SSSR count). The number of hydrogen-bond donors (Lipinski definition) is 1. The molecule has 0 amide bonds. The third-order valence-corrected chi connectivity index (χ3v) is 1.66. The summed E-state index contributed by atoms with van der Waals surface area (Å²) in [6, 6.07) is 0. The third kappa shape index (κ3) is 1.18. The van der Waals surface area contributed by atoms with E-state index in [0.29, 0.717) is 17.1 Å². The number of hydrogen-bond acceptors (Lipinski definition) is 4. The van der Waals surface area contributed by atoms with Gasteiger partial charge in [-0.25, -0.2) is 9.97 Å². The summed E-state index contributed by atoms with van der Waals surface area (Å²) in [5, 5.41) is 8.34. The molecule has 13 heavy (non-hydrogen) atoms. The molecular weight excluding hydrogens is 168 g/mol. The summed E-state index contributed by atoms with van der Waals surface area (Å²) in [5.41, 5.74) is 1.39. The predicted octanol–water partition coefficient (Wildman–Crippen LogP) is 1.13. The zero-order valence-electron chi connectivity index (χ0n) is 6.90. The van der Waals surface area contributed by atoms with Crippen LogP contribution in [0.4, 0.5) is 0 Å². The van der Waals surface area contributed by atoms with E-state index in [2.05, 4.69) is 15.0 Å². The van der Waals surface area contributed by atoms with Gasteiger partial charge in [-0.2, -0.15) is 0 Å². The third-order valence-electron chi connectivity index (χ3n) is 1.66. The summed E-state index contributed by atoms with van der Waals surface area (Å²) in [5.74, 6) is 1.08. The first-order chi connectivity index (χ1) is 6.31. The van der Waals surface area contributed by atoms with Gasteiger partial charge in [0, 0.05) is 6.20 Å². The Morgan fingerprint density at radius 1 is 1.62 bits per heavy atom. The van der Waals surface area contributed by atoms with Crippen molar-refractivity contribution in [2.45, 2.75) is 6.92 Å². The van der Waals surface area contributed by atoms with Crippen LogP contribution in [-0.2, 0) is 0 Å². The van der Waals surface area contributed by atoms with Crippen molar-refractivity contribution >= 4 is 11.0 Å². The van der Waals surface area contributed by atoms with Gasteiger partial charge in [-0.05, 0) is 6.92 Å². The molecule has 64 valence electrons. The van der Waals surface area contributed by atoms with Crippen LogP contribution < -0.4 is 4.74 Å². The van der Waals surface area contributed by atoms with Gasteiger partial charge >= 0.3 is 0 Å². The van der Waals surface area contributed by atoms with Crippen molar-refractivity contribution in [3.63, 3.8) is 0 Å². The van der Waals surface area contributed by atoms with Crippen LogP contribution in [0, 0.1) is 18.4 Å². The van der Waals surface area contributed by atoms with Gasteiger partial charge in [0.05, 0.1) is 11.7 Å². The monoisotopic (exact) mass is 174 g/mol. The summed E-state index contributed by atoms with van der Waals surface area (Å²) in [4.78, 5) is 11.0. The maximum absolute atomic E-state index is 8.34. The number of nitrogens with zero attached hydrogens (tertiary/aromatic N) is 3. The molecule has 0 aliphatic carbocycles. The number of H-pyrrole nitrogens is 1. The molecule has 2 aromatic heterocycles. The first kappa shape index (κ1) is 7.55. The molecule has 0 saturated carbocycles. The van der Waals surface area contributed by atoms with E-state index in [4.69, 9.17) is 10.00 Å². The van der Waals surface area contributed by atoms with Crippen LogP contribution in [0.25, 0.3) is 11.0 Å². The lowest BCUT2D eigenvalue weighted by atomic mass is 10.4.